The molecule has 1 aromatic heterocycles. The molecule has 1 heterocycles. The van der Waals surface area contributed by atoms with Crippen LogP contribution in [-0.2, 0) is 11.2 Å². The molecular weight excluding hydrogens is 275 g/mol. The largest absolute Gasteiger partial charge is 0.371 e. The summed E-state index contributed by atoms with van der Waals surface area (Å²) in [5.41, 5.74) is 9.30. The third-order valence-corrected chi connectivity index (χ3v) is 4.16. The highest BCUT2D eigenvalue weighted by Gasteiger charge is 2.20. The van der Waals surface area contributed by atoms with E-state index < -0.39 is 6.10 Å². The zero-order chi connectivity index (χ0) is 14.5. The first-order valence-corrected chi connectivity index (χ1v) is 7.48. The van der Waals surface area contributed by atoms with Gasteiger partial charge in [0.2, 0.25) is 0 Å². The smallest absolute Gasteiger partial charge is 0.129 e. The van der Waals surface area contributed by atoms with Crippen molar-refractivity contribution >= 4 is 11.3 Å². The van der Waals surface area contributed by atoms with Gasteiger partial charge in [0.15, 0.2) is 0 Å². The van der Waals surface area contributed by atoms with Crippen LogP contribution in [0.5, 0.6) is 0 Å². The van der Waals surface area contributed by atoms with Crippen LogP contribution < -0.4 is 5.73 Å². The van der Waals surface area contributed by atoms with E-state index in [0.717, 1.165) is 12.1 Å². The Morgan fingerprint density at radius 3 is 2.75 bits per heavy atom. The van der Waals surface area contributed by atoms with E-state index in [4.69, 9.17) is 10.5 Å². The highest BCUT2D eigenvalue weighted by atomic mass is 32.1. The molecule has 1 aromatic carbocycles. The zero-order valence-electron chi connectivity index (χ0n) is 11.7. The van der Waals surface area contributed by atoms with Gasteiger partial charge < -0.3 is 10.5 Å². The van der Waals surface area contributed by atoms with Gasteiger partial charge in [0.25, 0.3) is 0 Å². The van der Waals surface area contributed by atoms with Gasteiger partial charge in [-0.3, -0.25) is 0 Å². The molecule has 0 aliphatic rings. The Kier molecular flexibility index (Phi) is 5.23. The van der Waals surface area contributed by atoms with Gasteiger partial charge in [-0.25, -0.2) is 9.37 Å². The fourth-order valence-corrected chi connectivity index (χ4v) is 2.84. The number of aryl methyl sites for hydroxylation is 1. The van der Waals surface area contributed by atoms with Gasteiger partial charge in [-0.1, -0.05) is 18.2 Å². The number of nitrogens with zero attached hydrogens (tertiary/aromatic N) is 1. The molecule has 2 N–H and O–H groups in total. The first-order chi connectivity index (χ1) is 9.59. The van der Waals surface area contributed by atoms with Gasteiger partial charge in [0.05, 0.1) is 17.8 Å². The van der Waals surface area contributed by atoms with Crippen LogP contribution in [0.4, 0.5) is 4.39 Å². The predicted molar refractivity (Wildman–Crippen MR) is 79.3 cm³/mol. The molecule has 2 rings (SSSR count). The SMILES string of the molecule is Cc1ncsc1CCOC(c1ccccc1F)C(C)N. The van der Waals surface area contributed by atoms with Crippen molar-refractivity contribution in [3.8, 4) is 0 Å². The lowest BCUT2D eigenvalue weighted by Crippen LogP contribution is -2.28. The Morgan fingerprint density at radius 1 is 1.40 bits per heavy atom. The number of thiazole rings is 1. The Hall–Kier alpha value is -1.30. The van der Waals surface area contributed by atoms with E-state index >= 15 is 0 Å². The molecule has 0 saturated carbocycles. The van der Waals surface area contributed by atoms with Crippen molar-refractivity contribution in [3.63, 3.8) is 0 Å². The lowest BCUT2D eigenvalue weighted by atomic mass is 10.0. The Balaban J connectivity index is 2.00. The van der Waals surface area contributed by atoms with Crippen LogP contribution in [0.1, 0.15) is 29.2 Å². The molecule has 0 fully saturated rings. The molecule has 0 aliphatic carbocycles. The minimum absolute atomic E-state index is 0.269. The van der Waals surface area contributed by atoms with Crippen molar-refractivity contribution in [1.29, 1.82) is 0 Å². The number of hydrogen-bond acceptors (Lipinski definition) is 4. The van der Waals surface area contributed by atoms with Gasteiger partial charge in [-0.05, 0) is 19.9 Å². The second kappa shape index (κ2) is 6.92. The van der Waals surface area contributed by atoms with Gasteiger partial charge in [0.1, 0.15) is 11.9 Å². The van der Waals surface area contributed by atoms with Crippen molar-refractivity contribution in [3.05, 3.63) is 51.7 Å². The van der Waals surface area contributed by atoms with Crippen LogP contribution >= 0.6 is 11.3 Å². The quantitative estimate of drug-likeness (QED) is 0.889. The van der Waals surface area contributed by atoms with Crippen molar-refractivity contribution in [2.75, 3.05) is 6.61 Å². The number of hydrogen-bond donors (Lipinski definition) is 1. The lowest BCUT2D eigenvalue weighted by Gasteiger charge is -2.22. The number of aromatic nitrogens is 1. The third kappa shape index (κ3) is 3.62. The highest BCUT2D eigenvalue weighted by Crippen LogP contribution is 2.24. The Labute approximate surface area is 122 Å². The summed E-state index contributed by atoms with van der Waals surface area (Å²) in [6, 6.07) is 6.35. The Morgan fingerprint density at radius 2 is 2.15 bits per heavy atom. The van der Waals surface area contributed by atoms with E-state index in [0.29, 0.717) is 12.2 Å². The lowest BCUT2D eigenvalue weighted by molar-refractivity contribution is 0.0382. The second-order valence-electron chi connectivity index (χ2n) is 4.78. The molecule has 0 amide bonds. The van der Waals surface area contributed by atoms with E-state index in [1.807, 2.05) is 19.4 Å². The molecular formula is C15H19FN2OS. The minimum atomic E-state index is -0.426. The van der Waals surface area contributed by atoms with Crippen molar-refractivity contribution in [2.45, 2.75) is 32.4 Å². The number of nitrogens with two attached hydrogens (primary N) is 1. The summed E-state index contributed by atoms with van der Waals surface area (Å²) in [5, 5.41) is 0. The van der Waals surface area contributed by atoms with E-state index in [9.17, 15) is 4.39 Å². The van der Waals surface area contributed by atoms with Crippen LogP contribution in [0.25, 0.3) is 0 Å². The van der Waals surface area contributed by atoms with Gasteiger partial charge >= 0.3 is 0 Å². The molecule has 2 unspecified atom stereocenters. The maximum Gasteiger partial charge on any atom is 0.129 e. The van der Waals surface area contributed by atoms with Gasteiger partial charge in [-0.15, -0.1) is 11.3 Å². The monoisotopic (exact) mass is 294 g/mol. The Bertz CT molecular complexity index is 556. The fraction of sp³-hybridized carbons (Fsp3) is 0.400. The highest BCUT2D eigenvalue weighted by molar-refractivity contribution is 7.09. The fourth-order valence-electron chi connectivity index (χ4n) is 2.08. The molecule has 20 heavy (non-hydrogen) atoms. The summed E-state index contributed by atoms with van der Waals surface area (Å²) in [6.07, 6.45) is 0.346. The predicted octanol–water partition coefficient (Wildman–Crippen LogP) is 3.24. The molecule has 3 nitrogen and oxygen atoms in total. The number of rotatable bonds is 6. The number of halogens is 1. The zero-order valence-corrected chi connectivity index (χ0v) is 12.5. The first kappa shape index (κ1) is 15.1. The maximum absolute atomic E-state index is 13.8. The molecule has 2 atom stereocenters. The molecule has 0 saturated heterocycles. The van der Waals surface area contributed by atoms with E-state index in [1.165, 1.54) is 10.9 Å². The molecule has 0 aliphatic heterocycles. The van der Waals surface area contributed by atoms with E-state index in [2.05, 4.69) is 4.98 Å². The summed E-state index contributed by atoms with van der Waals surface area (Å²) in [6.45, 7) is 4.31. The van der Waals surface area contributed by atoms with Crippen LogP contribution in [0, 0.1) is 12.7 Å². The van der Waals surface area contributed by atoms with Crippen LogP contribution in [-0.4, -0.2) is 17.6 Å². The standard InChI is InChI=1S/C15H19FN2OS/c1-10(17)15(12-5-3-4-6-13(12)16)19-8-7-14-11(2)18-9-20-14/h3-6,9-10,15H,7-8,17H2,1-2H3. The average Bonchev–Trinajstić information content (AvgIpc) is 2.81. The van der Waals surface area contributed by atoms with Crippen LogP contribution in [0.3, 0.4) is 0 Å². The third-order valence-electron chi connectivity index (χ3n) is 3.16. The first-order valence-electron chi connectivity index (χ1n) is 6.60. The molecule has 0 radical (unpaired) electrons. The van der Waals surface area contributed by atoms with E-state index in [-0.39, 0.29) is 11.9 Å². The summed E-state index contributed by atoms with van der Waals surface area (Å²) < 4.78 is 19.6. The normalized spacial score (nSPS) is 14.2. The minimum Gasteiger partial charge on any atom is -0.371 e. The topological polar surface area (TPSA) is 48.1 Å². The van der Waals surface area contributed by atoms with Gasteiger partial charge in [0, 0.05) is 22.9 Å². The summed E-state index contributed by atoms with van der Waals surface area (Å²) in [4.78, 5) is 5.40. The maximum atomic E-state index is 13.8. The molecule has 0 bridgehead atoms. The van der Waals surface area contributed by atoms with Crippen molar-refractivity contribution in [1.82, 2.24) is 4.98 Å². The molecule has 5 heteroatoms. The summed E-state index contributed by atoms with van der Waals surface area (Å²) in [5.74, 6) is -0.274. The number of ether oxygens (including phenoxy) is 1. The number of benzene rings is 1. The van der Waals surface area contributed by atoms with Crippen LogP contribution in [0.15, 0.2) is 29.8 Å². The summed E-state index contributed by atoms with van der Waals surface area (Å²) >= 11 is 1.61. The molecule has 2 aromatic rings. The van der Waals surface area contributed by atoms with Crippen molar-refractivity contribution in [2.24, 2.45) is 5.73 Å². The second-order valence-corrected chi connectivity index (χ2v) is 5.72. The van der Waals surface area contributed by atoms with E-state index in [1.54, 1.807) is 29.5 Å². The van der Waals surface area contributed by atoms with Crippen LogP contribution in [0.2, 0.25) is 0 Å². The molecule has 108 valence electrons. The molecule has 0 spiro atoms. The van der Waals surface area contributed by atoms with Gasteiger partial charge in [-0.2, -0.15) is 0 Å². The van der Waals surface area contributed by atoms with Crippen molar-refractivity contribution < 1.29 is 9.13 Å². The average molecular weight is 294 g/mol. The summed E-state index contributed by atoms with van der Waals surface area (Å²) in [7, 11) is 0.